The Balaban J connectivity index is 2.15. The Morgan fingerprint density at radius 1 is 1.29 bits per heavy atom. The van der Waals surface area contributed by atoms with Crippen molar-refractivity contribution in [1.82, 2.24) is 10.2 Å². The van der Waals surface area contributed by atoms with Gasteiger partial charge in [0.1, 0.15) is 0 Å². The predicted molar refractivity (Wildman–Crippen MR) is 80.3 cm³/mol. The minimum atomic E-state index is -0.740. The molecule has 21 heavy (non-hydrogen) atoms. The Morgan fingerprint density at radius 2 is 2.00 bits per heavy atom. The Bertz CT molecular complexity index is 336. The maximum atomic E-state index is 12.2. The van der Waals surface area contributed by atoms with Gasteiger partial charge in [-0.2, -0.15) is 0 Å². The zero-order chi connectivity index (χ0) is 15.7. The summed E-state index contributed by atoms with van der Waals surface area (Å²) in [6.45, 7) is 5.94. The average Bonchev–Trinajstić information content (AvgIpc) is 2.45. The Morgan fingerprint density at radius 3 is 2.67 bits per heavy atom. The average molecular weight is 300 g/mol. The Labute approximate surface area is 126 Å². The fourth-order valence-electron chi connectivity index (χ4n) is 2.48. The monoisotopic (exact) mass is 300 g/mol. The molecule has 1 fully saturated rings. The minimum absolute atomic E-state index is 0.0115. The van der Waals surface area contributed by atoms with Crippen LogP contribution in [0.5, 0.6) is 0 Å². The lowest BCUT2D eigenvalue weighted by Crippen LogP contribution is -2.54. The van der Waals surface area contributed by atoms with Crippen LogP contribution >= 0.6 is 0 Å². The molecule has 0 aromatic rings. The fraction of sp³-hybridized carbons (Fsp3) is 0.867. The summed E-state index contributed by atoms with van der Waals surface area (Å²) in [4.78, 5) is 24.4. The van der Waals surface area contributed by atoms with Gasteiger partial charge in [0.05, 0.1) is 18.8 Å². The Kier molecular flexibility index (Phi) is 8.12. The second-order valence-electron chi connectivity index (χ2n) is 5.65. The lowest BCUT2D eigenvalue weighted by Gasteiger charge is -2.38. The third kappa shape index (κ3) is 6.80. The van der Waals surface area contributed by atoms with Crippen LogP contribution < -0.4 is 5.32 Å². The number of carboxylic acids is 1. The van der Waals surface area contributed by atoms with E-state index in [2.05, 4.69) is 12.2 Å². The zero-order valence-corrected chi connectivity index (χ0v) is 13.1. The molecule has 0 bridgehead atoms. The molecule has 0 aromatic heterocycles. The molecule has 0 aliphatic carbocycles. The van der Waals surface area contributed by atoms with Crippen molar-refractivity contribution < 1.29 is 19.4 Å². The summed E-state index contributed by atoms with van der Waals surface area (Å²) < 4.78 is 5.58. The van der Waals surface area contributed by atoms with Crippen LogP contribution in [-0.2, 0) is 9.53 Å². The summed E-state index contributed by atoms with van der Waals surface area (Å²) >= 11 is 0. The molecule has 6 heteroatoms. The van der Waals surface area contributed by atoms with Crippen molar-refractivity contribution in [2.75, 3.05) is 19.7 Å². The van der Waals surface area contributed by atoms with Gasteiger partial charge in [0.2, 0.25) is 0 Å². The molecular weight excluding hydrogens is 272 g/mol. The van der Waals surface area contributed by atoms with Gasteiger partial charge >= 0.3 is 12.0 Å². The van der Waals surface area contributed by atoms with E-state index < -0.39 is 5.97 Å². The van der Waals surface area contributed by atoms with E-state index in [4.69, 9.17) is 9.84 Å². The number of hydrogen-bond acceptors (Lipinski definition) is 3. The number of unbranched alkanes of at least 4 members (excludes halogenated alkanes) is 3. The first kappa shape index (κ1) is 17.8. The van der Waals surface area contributed by atoms with Crippen LogP contribution in [0.4, 0.5) is 4.79 Å². The van der Waals surface area contributed by atoms with Gasteiger partial charge < -0.3 is 20.1 Å². The van der Waals surface area contributed by atoms with Gasteiger partial charge in [-0.05, 0) is 26.2 Å². The fourth-order valence-corrected chi connectivity index (χ4v) is 2.48. The largest absolute Gasteiger partial charge is 0.481 e. The lowest BCUT2D eigenvalue weighted by molar-refractivity contribution is -0.137. The second kappa shape index (κ2) is 9.60. The maximum Gasteiger partial charge on any atom is 0.317 e. The van der Waals surface area contributed by atoms with Gasteiger partial charge in [-0.3, -0.25) is 4.79 Å². The van der Waals surface area contributed by atoms with E-state index in [1.165, 1.54) is 0 Å². The normalized spacial score (nSPS) is 22.1. The van der Waals surface area contributed by atoms with Crippen molar-refractivity contribution in [3.8, 4) is 0 Å². The predicted octanol–water partition coefficient (Wildman–Crippen LogP) is 2.23. The molecule has 0 saturated carbocycles. The number of rotatable bonds is 8. The highest BCUT2D eigenvalue weighted by molar-refractivity contribution is 5.74. The number of ether oxygens (including phenoxy) is 1. The zero-order valence-electron chi connectivity index (χ0n) is 13.1. The number of morpholine rings is 1. The molecule has 6 nitrogen and oxygen atoms in total. The van der Waals surface area contributed by atoms with E-state index in [0.717, 1.165) is 25.7 Å². The summed E-state index contributed by atoms with van der Waals surface area (Å²) in [6.07, 6.45) is 4.67. The first-order valence-corrected chi connectivity index (χ1v) is 7.92. The quantitative estimate of drug-likeness (QED) is 0.674. The highest BCUT2D eigenvalue weighted by atomic mass is 16.5. The van der Waals surface area contributed by atoms with Gasteiger partial charge in [-0.25, -0.2) is 4.79 Å². The van der Waals surface area contributed by atoms with Crippen molar-refractivity contribution in [2.24, 2.45) is 0 Å². The van der Waals surface area contributed by atoms with Crippen LogP contribution in [0.3, 0.4) is 0 Å². The molecule has 122 valence electrons. The van der Waals surface area contributed by atoms with Gasteiger partial charge in [0.15, 0.2) is 0 Å². The number of carbonyl (C=O) groups excluding carboxylic acids is 1. The van der Waals surface area contributed by atoms with Crippen LogP contribution in [0, 0.1) is 0 Å². The van der Waals surface area contributed by atoms with Crippen molar-refractivity contribution in [1.29, 1.82) is 0 Å². The molecule has 1 saturated heterocycles. The van der Waals surface area contributed by atoms with Crippen LogP contribution in [0.2, 0.25) is 0 Å². The summed E-state index contributed by atoms with van der Waals surface area (Å²) in [5.74, 6) is -0.740. The van der Waals surface area contributed by atoms with Gasteiger partial charge in [0, 0.05) is 19.5 Å². The van der Waals surface area contributed by atoms with E-state index in [1.807, 2.05) is 11.8 Å². The summed E-state index contributed by atoms with van der Waals surface area (Å²) in [6, 6.07) is 0.152. The standard InChI is InChI=1S/C15H28N2O4/c1-3-13-11-21-12(2)10-17(13)15(20)16-9-7-5-4-6-8-14(18)19/h12-13H,3-11H2,1-2H3,(H,16,20)(H,18,19). The molecule has 2 N–H and O–H groups in total. The van der Waals surface area contributed by atoms with Gasteiger partial charge in [-0.15, -0.1) is 0 Å². The number of nitrogens with one attached hydrogen (secondary N) is 1. The molecule has 1 aliphatic rings. The topological polar surface area (TPSA) is 78.9 Å². The van der Waals surface area contributed by atoms with Crippen molar-refractivity contribution >= 4 is 12.0 Å². The number of carboxylic acid groups (broad SMARTS) is 1. The molecule has 0 aromatic carbocycles. The smallest absolute Gasteiger partial charge is 0.317 e. The SMILES string of the molecule is CCC1COC(C)CN1C(=O)NCCCCCCC(=O)O. The molecule has 0 radical (unpaired) electrons. The molecule has 2 amide bonds. The minimum Gasteiger partial charge on any atom is -0.481 e. The second-order valence-corrected chi connectivity index (χ2v) is 5.65. The highest BCUT2D eigenvalue weighted by Gasteiger charge is 2.28. The molecular formula is C15H28N2O4. The van der Waals surface area contributed by atoms with E-state index in [9.17, 15) is 9.59 Å². The molecule has 2 unspecified atom stereocenters. The number of nitrogens with zero attached hydrogens (tertiary/aromatic N) is 1. The highest BCUT2D eigenvalue weighted by Crippen LogP contribution is 2.14. The summed E-state index contributed by atoms with van der Waals surface area (Å²) in [5, 5.41) is 11.5. The van der Waals surface area contributed by atoms with Crippen LogP contribution in [0.15, 0.2) is 0 Å². The Hall–Kier alpha value is -1.30. The first-order valence-electron chi connectivity index (χ1n) is 7.92. The van der Waals surface area contributed by atoms with Gasteiger partial charge in [-0.1, -0.05) is 19.8 Å². The number of urea groups is 1. The van der Waals surface area contributed by atoms with E-state index in [0.29, 0.717) is 26.1 Å². The lowest BCUT2D eigenvalue weighted by atomic mass is 10.1. The molecule has 1 rings (SSSR count). The third-order valence-corrected chi connectivity index (χ3v) is 3.79. The van der Waals surface area contributed by atoms with E-state index in [1.54, 1.807) is 0 Å². The van der Waals surface area contributed by atoms with Crippen LogP contribution in [-0.4, -0.2) is 53.8 Å². The van der Waals surface area contributed by atoms with Crippen LogP contribution in [0.1, 0.15) is 52.4 Å². The molecule has 0 spiro atoms. The van der Waals surface area contributed by atoms with Crippen LogP contribution in [0.25, 0.3) is 0 Å². The molecule has 1 heterocycles. The van der Waals surface area contributed by atoms with Crippen molar-refractivity contribution in [3.63, 3.8) is 0 Å². The van der Waals surface area contributed by atoms with Crippen molar-refractivity contribution in [2.45, 2.75) is 64.5 Å². The number of aliphatic carboxylic acids is 1. The van der Waals surface area contributed by atoms with E-state index in [-0.39, 0.29) is 24.6 Å². The van der Waals surface area contributed by atoms with Gasteiger partial charge in [0.25, 0.3) is 0 Å². The molecule has 1 aliphatic heterocycles. The number of carbonyl (C=O) groups is 2. The third-order valence-electron chi connectivity index (χ3n) is 3.79. The van der Waals surface area contributed by atoms with E-state index >= 15 is 0 Å². The summed E-state index contributed by atoms with van der Waals surface area (Å²) in [5.41, 5.74) is 0. The van der Waals surface area contributed by atoms with Crippen molar-refractivity contribution in [3.05, 3.63) is 0 Å². The summed E-state index contributed by atoms with van der Waals surface area (Å²) in [7, 11) is 0. The molecule has 2 atom stereocenters. The number of hydrogen-bond donors (Lipinski definition) is 2. The number of amides is 2. The maximum absolute atomic E-state index is 12.2. The first-order chi connectivity index (χ1) is 10.0.